The summed E-state index contributed by atoms with van der Waals surface area (Å²) in [5.41, 5.74) is 3.84. The number of ketones is 1. The Hall–Kier alpha value is -2.49. The lowest BCUT2D eigenvalue weighted by Crippen LogP contribution is -2.10. The van der Waals surface area contributed by atoms with E-state index in [0.717, 1.165) is 23.5 Å². The summed E-state index contributed by atoms with van der Waals surface area (Å²) < 4.78 is 1.95. The maximum atomic E-state index is 12.2. The molecule has 0 aliphatic heterocycles. The number of aromatic nitrogens is 3. The molecule has 3 rings (SSSR count). The molecule has 0 saturated carbocycles. The van der Waals surface area contributed by atoms with Gasteiger partial charge in [-0.1, -0.05) is 19.1 Å². The number of hydrogen-bond acceptors (Lipinski definition) is 3. The number of pyridine rings is 2. The van der Waals surface area contributed by atoms with E-state index in [2.05, 4.69) is 16.9 Å². The lowest BCUT2D eigenvalue weighted by molar-refractivity contribution is -0.117. The van der Waals surface area contributed by atoms with Crippen molar-refractivity contribution in [1.82, 2.24) is 14.4 Å². The van der Waals surface area contributed by atoms with E-state index in [-0.39, 0.29) is 5.78 Å². The summed E-state index contributed by atoms with van der Waals surface area (Å²) in [6, 6.07) is 9.79. The summed E-state index contributed by atoms with van der Waals surface area (Å²) in [7, 11) is 0. The largest absolute Gasteiger partial charge is 0.304 e. The molecule has 0 radical (unpaired) electrons. The number of imidazole rings is 1. The number of fused-ring (bicyclic) bond motifs is 1. The second kappa shape index (κ2) is 5.87. The highest BCUT2D eigenvalue weighted by atomic mass is 16.1. The minimum absolute atomic E-state index is 0.160. The fourth-order valence-corrected chi connectivity index (χ4v) is 2.39. The molecule has 0 N–H and O–H groups in total. The molecule has 3 aromatic heterocycles. The van der Waals surface area contributed by atoms with Crippen LogP contribution in [0, 0.1) is 0 Å². The Morgan fingerprint density at radius 2 is 2.05 bits per heavy atom. The lowest BCUT2D eigenvalue weighted by Gasteiger charge is -2.05. The number of carbonyl (C=O) groups is 1. The van der Waals surface area contributed by atoms with Crippen LogP contribution in [0.15, 0.2) is 48.9 Å². The smallest absolute Gasteiger partial charge is 0.144 e. The zero-order valence-electron chi connectivity index (χ0n) is 12.0. The van der Waals surface area contributed by atoms with Crippen molar-refractivity contribution in [2.45, 2.75) is 26.2 Å². The average Bonchev–Trinajstić information content (AvgIpc) is 2.97. The Bertz CT molecular complexity index is 759. The quantitative estimate of drug-likeness (QED) is 0.721. The molecule has 21 heavy (non-hydrogen) atoms. The van der Waals surface area contributed by atoms with Gasteiger partial charge in [-0.15, -0.1) is 0 Å². The second-order valence-corrected chi connectivity index (χ2v) is 5.08. The number of aryl methyl sites for hydroxylation is 1. The molecule has 4 nitrogen and oxygen atoms in total. The van der Waals surface area contributed by atoms with Gasteiger partial charge in [0.05, 0.1) is 0 Å². The molecule has 3 aromatic rings. The van der Waals surface area contributed by atoms with Crippen LogP contribution in [0.4, 0.5) is 0 Å². The van der Waals surface area contributed by atoms with Crippen LogP contribution in [0.3, 0.4) is 0 Å². The minimum Gasteiger partial charge on any atom is -0.304 e. The maximum Gasteiger partial charge on any atom is 0.144 e. The van der Waals surface area contributed by atoms with Gasteiger partial charge in [-0.3, -0.25) is 9.78 Å². The number of rotatable bonds is 5. The summed E-state index contributed by atoms with van der Waals surface area (Å²) in [6.07, 6.45) is 7.20. The van der Waals surface area contributed by atoms with Gasteiger partial charge in [0.2, 0.25) is 0 Å². The van der Waals surface area contributed by atoms with Crippen molar-refractivity contribution < 1.29 is 4.79 Å². The molecule has 0 aromatic carbocycles. The topological polar surface area (TPSA) is 47.3 Å². The molecule has 0 aliphatic carbocycles. The molecule has 0 spiro atoms. The molecule has 0 bridgehead atoms. The maximum absolute atomic E-state index is 12.2. The van der Waals surface area contributed by atoms with Crippen molar-refractivity contribution in [2.75, 3.05) is 0 Å². The van der Waals surface area contributed by atoms with Crippen molar-refractivity contribution in [3.63, 3.8) is 0 Å². The zero-order chi connectivity index (χ0) is 14.7. The first-order valence-corrected chi connectivity index (χ1v) is 7.12. The van der Waals surface area contributed by atoms with Gasteiger partial charge in [0.15, 0.2) is 0 Å². The van der Waals surface area contributed by atoms with Gasteiger partial charge >= 0.3 is 0 Å². The van der Waals surface area contributed by atoms with Gasteiger partial charge in [-0.2, -0.15) is 0 Å². The van der Waals surface area contributed by atoms with E-state index in [4.69, 9.17) is 0 Å². The molecule has 0 aliphatic rings. The third kappa shape index (κ3) is 2.99. The fraction of sp³-hybridized carbons (Fsp3) is 0.235. The lowest BCUT2D eigenvalue weighted by atomic mass is 10.1. The molecule has 0 atom stereocenters. The van der Waals surface area contributed by atoms with E-state index >= 15 is 0 Å². The van der Waals surface area contributed by atoms with Crippen molar-refractivity contribution in [3.8, 4) is 0 Å². The van der Waals surface area contributed by atoms with Gasteiger partial charge in [-0.05, 0) is 30.2 Å². The Morgan fingerprint density at radius 1 is 1.14 bits per heavy atom. The summed E-state index contributed by atoms with van der Waals surface area (Å²) in [5, 5.41) is 0. The number of hydrogen-bond donors (Lipinski definition) is 0. The van der Waals surface area contributed by atoms with Crippen molar-refractivity contribution >= 4 is 11.4 Å². The normalized spacial score (nSPS) is 10.9. The predicted molar refractivity (Wildman–Crippen MR) is 81.2 cm³/mol. The van der Waals surface area contributed by atoms with Crippen molar-refractivity contribution in [3.05, 3.63) is 65.9 Å². The fourth-order valence-electron chi connectivity index (χ4n) is 2.39. The van der Waals surface area contributed by atoms with E-state index in [1.807, 2.05) is 47.1 Å². The zero-order valence-corrected chi connectivity index (χ0v) is 12.0. The minimum atomic E-state index is 0.160. The van der Waals surface area contributed by atoms with Crippen LogP contribution in [0.25, 0.3) is 5.65 Å². The molecular formula is C17H17N3O. The van der Waals surface area contributed by atoms with Crippen LogP contribution < -0.4 is 0 Å². The monoisotopic (exact) mass is 279 g/mol. The second-order valence-electron chi connectivity index (χ2n) is 5.08. The van der Waals surface area contributed by atoms with Gasteiger partial charge in [-0.25, -0.2) is 4.98 Å². The molecule has 0 unspecified atom stereocenters. The molecular weight excluding hydrogens is 262 g/mol. The first-order valence-electron chi connectivity index (χ1n) is 7.12. The van der Waals surface area contributed by atoms with Crippen molar-refractivity contribution in [1.29, 1.82) is 0 Å². The molecule has 3 heterocycles. The predicted octanol–water partition coefficient (Wildman–Crippen LogP) is 2.65. The van der Waals surface area contributed by atoms with E-state index in [1.54, 1.807) is 6.20 Å². The highest BCUT2D eigenvalue weighted by Crippen LogP contribution is 2.09. The highest BCUT2D eigenvalue weighted by molar-refractivity contribution is 5.82. The van der Waals surface area contributed by atoms with Gasteiger partial charge < -0.3 is 4.40 Å². The molecule has 4 heteroatoms. The third-order valence-corrected chi connectivity index (χ3v) is 3.56. The van der Waals surface area contributed by atoms with Crippen LogP contribution >= 0.6 is 0 Å². The molecule has 106 valence electrons. The summed E-state index contributed by atoms with van der Waals surface area (Å²) in [4.78, 5) is 20.8. The standard InChI is InChI=1S/C17H17N3O/c1-2-13-6-7-14(19-12-13)10-16(21)11-15-4-3-5-17-18-8-9-20(15)17/h3-9,12H,2,10-11H2,1H3. The Kier molecular flexibility index (Phi) is 3.77. The SMILES string of the molecule is CCc1ccc(CC(=O)Cc2cccc3nccn23)nc1. The summed E-state index contributed by atoms with van der Waals surface area (Å²) >= 11 is 0. The van der Waals surface area contributed by atoms with Gasteiger partial charge in [0.1, 0.15) is 11.4 Å². The molecule has 0 amide bonds. The van der Waals surface area contributed by atoms with E-state index in [0.29, 0.717) is 12.8 Å². The van der Waals surface area contributed by atoms with Crippen LogP contribution in [-0.4, -0.2) is 20.2 Å². The van der Waals surface area contributed by atoms with E-state index < -0.39 is 0 Å². The van der Waals surface area contributed by atoms with Crippen LogP contribution in [-0.2, 0) is 24.1 Å². The van der Waals surface area contributed by atoms with E-state index in [1.165, 1.54) is 5.56 Å². The summed E-state index contributed by atoms with van der Waals surface area (Å²) in [6.45, 7) is 2.09. The van der Waals surface area contributed by atoms with Gasteiger partial charge in [0, 0.05) is 42.8 Å². The van der Waals surface area contributed by atoms with Crippen LogP contribution in [0.5, 0.6) is 0 Å². The number of carbonyl (C=O) groups excluding carboxylic acids is 1. The Morgan fingerprint density at radius 3 is 2.81 bits per heavy atom. The average molecular weight is 279 g/mol. The molecule has 0 saturated heterocycles. The first-order chi connectivity index (χ1) is 10.3. The number of nitrogens with zero attached hydrogens (tertiary/aromatic N) is 3. The Balaban J connectivity index is 1.72. The number of Topliss-reactive ketones (excluding diaryl/α,β-unsaturated/α-hetero) is 1. The van der Waals surface area contributed by atoms with Crippen LogP contribution in [0.1, 0.15) is 23.9 Å². The first kappa shape index (κ1) is 13.5. The summed E-state index contributed by atoms with van der Waals surface area (Å²) in [5.74, 6) is 0.160. The van der Waals surface area contributed by atoms with E-state index in [9.17, 15) is 4.79 Å². The highest BCUT2D eigenvalue weighted by Gasteiger charge is 2.09. The third-order valence-electron chi connectivity index (χ3n) is 3.56. The van der Waals surface area contributed by atoms with Gasteiger partial charge in [0.25, 0.3) is 0 Å². The van der Waals surface area contributed by atoms with Crippen molar-refractivity contribution in [2.24, 2.45) is 0 Å². The molecule has 0 fully saturated rings. The Labute approximate surface area is 123 Å². The van der Waals surface area contributed by atoms with Crippen LogP contribution in [0.2, 0.25) is 0 Å².